The summed E-state index contributed by atoms with van der Waals surface area (Å²) in [6, 6.07) is 126. The van der Waals surface area contributed by atoms with Gasteiger partial charge in [-0.2, -0.15) is 0 Å². The van der Waals surface area contributed by atoms with Crippen LogP contribution in [-0.2, 0) is 5.41 Å². The Bertz CT molecular complexity index is 5470. The maximum atomic E-state index is 2.57. The molecule has 0 heterocycles. The van der Waals surface area contributed by atoms with Crippen molar-refractivity contribution in [1.82, 2.24) is 0 Å². The SMILES string of the molecule is CC1(C)c2cc(N(c3ccccc3)c3ccc4ccccc4c3)ccc2-c2cc3c(N(c4ccccc4)c4ccc5ccccc5c4)c4cc(N(c5ccccc5)c5ccc6ccccc6c5)ccc4c(N(c4ccccc4)c4ccc5ccccc5c4)c3cc21. The first-order valence-corrected chi connectivity index (χ1v) is 31.5. The first kappa shape index (κ1) is 53.5. The number of benzene rings is 16. The summed E-state index contributed by atoms with van der Waals surface area (Å²) >= 11 is 0. The number of fused-ring (bicyclic) bond motifs is 9. The molecule has 0 fully saturated rings. The molecule has 17 rings (SSSR count). The minimum Gasteiger partial charge on any atom is -0.310 e. The summed E-state index contributed by atoms with van der Waals surface area (Å²) in [7, 11) is 0. The monoisotopic (exact) mass is 1160 g/mol. The van der Waals surface area contributed by atoms with Crippen molar-refractivity contribution in [1.29, 1.82) is 0 Å². The van der Waals surface area contributed by atoms with Crippen LogP contribution in [0, 0.1) is 0 Å². The van der Waals surface area contributed by atoms with E-state index >= 15 is 0 Å². The molecule has 0 spiro atoms. The summed E-state index contributed by atoms with van der Waals surface area (Å²) in [5.74, 6) is 0. The Morgan fingerprint density at radius 1 is 0.187 bits per heavy atom. The van der Waals surface area contributed by atoms with E-state index in [9.17, 15) is 0 Å². The molecular formula is C87H62N4. The van der Waals surface area contributed by atoms with Crippen LogP contribution in [0.2, 0.25) is 0 Å². The molecule has 0 saturated carbocycles. The molecule has 0 amide bonds. The van der Waals surface area contributed by atoms with Gasteiger partial charge in [-0.3, -0.25) is 0 Å². The van der Waals surface area contributed by atoms with Crippen LogP contribution in [0.5, 0.6) is 0 Å². The molecule has 0 saturated heterocycles. The van der Waals surface area contributed by atoms with E-state index in [1.807, 2.05) is 0 Å². The maximum Gasteiger partial charge on any atom is 0.0620 e. The van der Waals surface area contributed by atoms with E-state index in [1.165, 1.54) is 65.3 Å². The molecule has 4 nitrogen and oxygen atoms in total. The highest BCUT2D eigenvalue weighted by molar-refractivity contribution is 6.25. The number of hydrogen-bond donors (Lipinski definition) is 0. The van der Waals surface area contributed by atoms with Gasteiger partial charge in [0.2, 0.25) is 0 Å². The predicted molar refractivity (Wildman–Crippen MR) is 388 cm³/mol. The van der Waals surface area contributed by atoms with E-state index in [1.54, 1.807) is 0 Å². The van der Waals surface area contributed by atoms with Gasteiger partial charge in [0.25, 0.3) is 0 Å². The van der Waals surface area contributed by atoms with Gasteiger partial charge in [0.15, 0.2) is 0 Å². The molecule has 430 valence electrons. The highest BCUT2D eigenvalue weighted by Crippen LogP contribution is 2.58. The van der Waals surface area contributed by atoms with Crippen molar-refractivity contribution < 1.29 is 0 Å². The second-order valence-corrected chi connectivity index (χ2v) is 24.5. The Morgan fingerprint density at radius 2 is 0.473 bits per heavy atom. The number of rotatable bonds is 12. The lowest BCUT2D eigenvalue weighted by molar-refractivity contribution is 0.661. The normalized spacial score (nSPS) is 12.4. The zero-order valence-corrected chi connectivity index (χ0v) is 50.6. The van der Waals surface area contributed by atoms with Gasteiger partial charge in [-0.05, 0) is 199 Å². The van der Waals surface area contributed by atoms with E-state index in [-0.39, 0.29) is 0 Å². The highest BCUT2D eigenvalue weighted by Gasteiger charge is 2.38. The number of hydrogen-bond acceptors (Lipinski definition) is 4. The third-order valence-electron chi connectivity index (χ3n) is 18.8. The van der Waals surface area contributed by atoms with E-state index in [0.29, 0.717) is 0 Å². The molecule has 91 heavy (non-hydrogen) atoms. The molecule has 0 atom stereocenters. The largest absolute Gasteiger partial charge is 0.310 e. The van der Waals surface area contributed by atoms with Crippen LogP contribution in [0.3, 0.4) is 0 Å². The summed E-state index contributed by atoms with van der Waals surface area (Å²) in [5.41, 5.74) is 17.6. The summed E-state index contributed by atoms with van der Waals surface area (Å²) < 4.78 is 0. The standard InChI is InChI=1S/C87H62N4/c1-87(2)83-56-76(89(68-33-9-4-10-34-68)72-44-40-60-24-16-20-28-64(60)52-72)47-49-77(83)79-57-81-82(58-84(79)87)85(90(69-35-11-5-12-36-69)73-45-41-61-25-17-21-29-65(61)53-73)78-50-48-75(88(67-31-7-3-8-32-67)71-43-39-59-23-15-19-27-63(59)51-71)55-80(78)86(81)91(70-37-13-6-14-38-70)74-46-42-62-26-18-22-30-66(62)54-74/h3-58H,1-2H3. The lowest BCUT2D eigenvalue weighted by atomic mass is 9.81. The van der Waals surface area contributed by atoms with E-state index < -0.39 is 5.41 Å². The molecule has 16 aromatic carbocycles. The summed E-state index contributed by atoms with van der Waals surface area (Å²) in [6.45, 7) is 4.86. The van der Waals surface area contributed by atoms with Gasteiger partial charge in [-0.25, -0.2) is 0 Å². The fourth-order valence-electron chi connectivity index (χ4n) is 14.4. The van der Waals surface area contributed by atoms with E-state index in [2.05, 4.69) is 373 Å². The van der Waals surface area contributed by atoms with Crippen molar-refractivity contribution in [3.05, 3.63) is 351 Å². The second kappa shape index (κ2) is 21.8. The van der Waals surface area contributed by atoms with Crippen LogP contribution in [0.25, 0.3) is 75.8 Å². The Morgan fingerprint density at radius 3 is 0.890 bits per heavy atom. The molecule has 0 radical (unpaired) electrons. The van der Waals surface area contributed by atoms with Crippen molar-refractivity contribution in [2.24, 2.45) is 0 Å². The maximum absolute atomic E-state index is 2.57. The first-order chi connectivity index (χ1) is 44.9. The zero-order chi connectivity index (χ0) is 60.6. The van der Waals surface area contributed by atoms with Crippen molar-refractivity contribution >= 4 is 133 Å². The molecule has 16 aromatic rings. The van der Waals surface area contributed by atoms with Gasteiger partial charge < -0.3 is 19.6 Å². The minimum atomic E-state index is -0.426. The van der Waals surface area contributed by atoms with Crippen LogP contribution in [0.15, 0.2) is 340 Å². The van der Waals surface area contributed by atoms with Gasteiger partial charge in [0.1, 0.15) is 0 Å². The molecule has 0 aliphatic heterocycles. The van der Waals surface area contributed by atoms with E-state index in [4.69, 9.17) is 0 Å². The summed E-state index contributed by atoms with van der Waals surface area (Å²) in [5, 5.41) is 14.0. The van der Waals surface area contributed by atoms with Crippen molar-refractivity contribution in [2.75, 3.05) is 19.6 Å². The van der Waals surface area contributed by atoms with Crippen LogP contribution >= 0.6 is 0 Å². The quantitative estimate of drug-likeness (QED) is 0.0893. The van der Waals surface area contributed by atoms with Crippen LogP contribution in [-0.4, -0.2) is 0 Å². The van der Waals surface area contributed by atoms with Gasteiger partial charge in [0, 0.05) is 83.8 Å². The molecule has 0 bridgehead atoms. The average molecular weight is 1160 g/mol. The van der Waals surface area contributed by atoms with Gasteiger partial charge >= 0.3 is 0 Å². The third-order valence-corrected chi connectivity index (χ3v) is 18.8. The predicted octanol–water partition coefficient (Wildman–Crippen LogP) is 24.8. The Hall–Kier alpha value is -11.7. The molecule has 1 aliphatic rings. The van der Waals surface area contributed by atoms with Crippen molar-refractivity contribution in [3.63, 3.8) is 0 Å². The number of anilines is 12. The molecule has 0 N–H and O–H groups in total. The van der Waals surface area contributed by atoms with Gasteiger partial charge in [-0.1, -0.05) is 220 Å². The lowest BCUT2D eigenvalue weighted by Crippen LogP contribution is -2.18. The van der Waals surface area contributed by atoms with Crippen LogP contribution < -0.4 is 19.6 Å². The molecule has 0 aromatic heterocycles. The topological polar surface area (TPSA) is 13.0 Å². The van der Waals surface area contributed by atoms with Crippen LogP contribution in [0.1, 0.15) is 25.0 Å². The van der Waals surface area contributed by atoms with Crippen molar-refractivity contribution in [3.8, 4) is 11.1 Å². The zero-order valence-electron chi connectivity index (χ0n) is 50.6. The van der Waals surface area contributed by atoms with Gasteiger partial charge in [-0.15, -0.1) is 0 Å². The third kappa shape index (κ3) is 9.22. The second-order valence-electron chi connectivity index (χ2n) is 24.5. The Labute approximate surface area is 530 Å². The molecule has 0 unspecified atom stereocenters. The fraction of sp³-hybridized carbons (Fsp3) is 0.0345. The molecular weight excluding hydrogens is 1100 g/mol. The number of para-hydroxylation sites is 4. The fourth-order valence-corrected chi connectivity index (χ4v) is 14.4. The first-order valence-electron chi connectivity index (χ1n) is 31.5. The van der Waals surface area contributed by atoms with E-state index in [0.717, 1.165) is 89.8 Å². The molecule has 1 aliphatic carbocycles. The Balaban J connectivity index is 1.00. The van der Waals surface area contributed by atoms with Crippen LogP contribution in [0.4, 0.5) is 68.2 Å². The Kier molecular flexibility index (Phi) is 12.8. The summed E-state index contributed by atoms with van der Waals surface area (Å²) in [4.78, 5) is 9.91. The average Bonchev–Trinajstić information content (AvgIpc) is 1.70. The number of nitrogens with zero attached hydrogens (tertiary/aromatic N) is 4. The highest BCUT2D eigenvalue weighted by atomic mass is 15.2. The van der Waals surface area contributed by atoms with Gasteiger partial charge in [0.05, 0.1) is 11.4 Å². The van der Waals surface area contributed by atoms with Crippen molar-refractivity contribution in [2.45, 2.75) is 19.3 Å². The minimum absolute atomic E-state index is 0.426. The lowest BCUT2D eigenvalue weighted by Gasteiger charge is -2.34. The summed E-state index contributed by atoms with van der Waals surface area (Å²) in [6.07, 6.45) is 0. The molecule has 4 heteroatoms. The smallest absolute Gasteiger partial charge is 0.0620 e.